The highest BCUT2D eigenvalue weighted by Crippen LogP contribution is 2.47. The van der Waals surface area contributed by atoms with Gasteiger partial charge in [0.1, 0.15) is 0 Å². The van der Waals surface area contributed by atoms with Crippen LogP contribution in [0.15, 0.2) is 48.7 Å². The third-order valence-corrected chi connectivity index (χ3v) is 9.83. The van der Waals surface area contributed by atoms with E-state index in [2.05, 4.69) is 28.4 Å². The number of hydrogen-bond donors (Lipinski definition) is 1. The van der Waals surface area contributed by atoms with Crippen molar-refractivity contribution < 1.29 is 19.0 Å². The van der Waals surface area contributed by atoms with Crippen LogP contribution in [0.2, 0.25) is 0 Å². The molecule has 8 heteroatoms. The molecule has 3 aliphatic heterocycles. The number of benzene rings is 2. The molecule has 4 aliphatic rings. The molecular weight excluding hydrogens is 528 g/mol. The fourth-order valence-electron chi connectivity index (χ4n) is 7.74. The third kappa shape index (κ3) is 5.31. The molecule has 0 unspecified atom stereocenters. The normalized spacial score (nSPS) is 26.1. The molecule has 1 aromatic heterocycles. The molecule has 222 valence electrons. The molecule has 0 radical (unpaired) electrons. The summed E-state index contributed by atoms with van der Waals surface area (Å²) in [5, 5.41) is 5.87. The summed E-state index contributed by atoms with van der Waals surface area (Å²) in [7, 11) is 1.60. The van der Waals surface area contributed by atoms with Gasteiger partial charge in [0.05, 0.1) is 19.3 Å². The molecule has 1 N–H and O–H groups in total. The largest absolute Gasteiger partial charge is 0.493 e. The van der Waals surface area contributed by atoms with Crippen LogP contribution in [0.5, 0.6) is 17.2 Å². The first-order valence-electron chi connectivity index (χ1n) is 15.5. The minimum atomic E-state index is -0.815. The van der Waals surface area contributed by atoms with Gasteiger partial charge in [0.15, 0.2) is 11.5 Å². The Morgan fingerprint density at radius 1 is 1.10 bits per heavy atom. The van der Waals surface area contributed by atoms with Crippen molar-refractivity contribution in [1.82, 2.24) is 20.1 Å². The molecular formula is C34H42N4O4. The fraction of sp³-hybridized carbons (Fsp3) is 0.529. The Labute approximate surface area is 248 Å². The molecule has 1 aliphatic carbocycles. The molecule has 4 atom stereocenters. The average Bonchev–Trinajstić information content (AvgIpc) is 3.62. The van der Waals surface area contributed by atoms with Crippen molar-refractivity contribution >= 4 is 16.7 Å². The number of aromatic nitrogens is 1. The van der Waals surface area contributed by atoms with Crippen LogP contribution in [0, 0.1) is 17.8 Å². The summed E-state index contributed by atoms with van der Waals surface area (Å²) in [6.07, 6.45) is 6.89. The number of likely N-dealkylation sites (tertiary alicyclic amines) is 1. The monoisotopic (exact) mass is 570 g/mol. The van der Waals surface area contributed by atoms with E-state index in [1.165, 1.54) is 19.3 Å². The quantitative estimate of drug-likeness (QED) is 0.404. The molecule has 2 aromatic carbocycles. The summed E-state index contributed by atoms with van der Waals surface area (Å²) in [5.41, 5.74) is 1.42. The van der Waals surface area contributed by atoms with Crippen LogP contribution in [0.25, 0.3) is 10.8 Å². The number of rotatable bonds is 8. The van der Waals surface area contributed by atoms with E-state index in [1.807, 2.05) is 37.1 Å². The van der Waals surface area contributed by atoms with E-state index in [1.54, 1.807) is 19.2 Å². The van der Waals surface area contributed by atoms with Crippen LogP contribution in [-0.4, -0.2) is 72.4 Å². The SMILES string of the molecule is COc1cc(C(=O)N(Cc2cc3ccccc3cn2)C[C@@H]2CCCN2C[C@@H]2[C@@H]3CC[C@H]2CNC3)cc2c1OC(C)(C)O2. The van der Waals surface area contributed by atoms with Gasteiger partial charge in [-0.3, -0.25) is 14.7 Å². The number of fused-ring (bicyclic) bond motifs is 4. The molecule has 3 aromatic rings. The highest BCUT2D eigenvalue weighted by atomic mass is 16.7. The van der Waals surface area contributed by atoms with Crippen LogP contribution in [0.1, 0.15) is 55.6 Å². The first-order valence-corrected chi connectivity index (χ1v) is 15.5. The third-order valence-electron chi connectivity index (χ3n) is 9.83. The molecule has 8 nitrogen and oxygen atoms in total. The first kappa shape index (κ1) is 27.5. The Bertz CT molecular complexity index is 1460. The number of ether oxygens (including phenoxy) is 3. The van der Waals surface area contributed by atoms with E-state index in [9.17, 15) is 4.79 Å². The van der Waals surface area contributed by atoms with E-state index in [-0.39, 0.29) is 5.91 Å². The van der Waals surface area contributed by atoms with E-state index in [4.69, 9.17) is 19.2 Å². The second-order valence-corrected chi connectivity index (χ2v) is 13.0. The first-order chi connectivity index (χ1) is 20.4. The molecule has 2 bridgehead atoms. The van der Waals surface area contributed by atoms with Gasteiger partial charge in [-0.05, 0) is 86.7 Å². The Hall–Kier alpha value is -3.36. The lowest BCUT2D eigenvalue weighted by atomic mass is 9.85. The minimum Gasteiger partial charge on any atom is -0.493 e. The predicted molar refractivity (Wildman–Crippen MR) is 162 cm³/mol. The number of methoxy groups -OCH3 is 1. The van der Waals surface area contributed by atoms with Gasteiger partial charge >= 0.3 is 0 Å². The molecule has 1 amide bonds. The summed E-state index contributed by atoms with van der Waals surface area (Å²) < 4.78 is 17.7. The summed E-state index contributed by atoms with van der Waals surface area (Å²) in [6, 6.07) is 14.3. The van der Waals surface area contributed by atoms with Crippen molar-refractivity contribution in [2.24, 2.45) is 17.8 Å². The topological polar surface area (TPSA) is 76.2 Å². The Morgan fingerprint density at radius 2 is 1.88 bits per heavy atom. The van der Waals surface area contributed by atoms with Gasteiger partial charge in [-0.2, -0.15) is 0 Å². The lowest BCUT2D eigenvalue weighted by molar-refractivity contribution is -0.0439. The molecule has 1 saturated carbocycles. The summed E-state index contributed by atoms with van der Waals surface area (Å²) in [6.45, 7) is 9.37. The number of hydrogen-bond acceptors (Lipinski definition) is 7. The minimum absolute atomic E-state index is 0.0480. The van der Waals surface area contributed by atoms with Crippen LogP contribution in [-0.2, 0) is 6.54 Å². The van der Waals surface area contributed by atoms with E-state index < -0.39 is 5.79 Å². The molecule has 42 heavy (non-hydrogen) atoms. The van der Waals surface area contributed by atoms with Gasteiger partial charge in [-0.25, -0.2) is 0 Å². The smallest absolute Gasteiger partial charge is 0.254 e. The standard InChI is InChI=1S/C34H42N4O4/c1-34(2)41-31-15-26(14-30(40-3)32(31)42-34)33(39)38(19-27-13-22-7-4-5-8-23(22)18-36-27)20-28-9-6-12-37(28)21-29-24-10-11-25(29)17-35-16-24/h4-5,7-8,13-15,18,24-25,28-29,35H,6,9-12,16-17,19-21H2,1-3H3/t24-,25+,28-,29-/m0/s1. The molecule has 0 spiro atoms. The van der Waals surface area contributed by atoms with E-state index >= 15 is 0 Å². The zero-order valence-electron chi connectivity index (χ0n) is 25.0. The maximum atomic E-state index is 14.4. The van der Waals surface area contributed by atoms with Crippen molar-refractivity contribution in [3.05, 3.63) is 59.9 Å². The maximum Gasteiger partial charge on any atom is 0.254 e. The molecule has 4 heterocycles. The van der Waals surface area contributed by atoms with Gasteiger partial charge in [0.2, 0.25) is 11.5 Å². The second-order valence-electron chi connectivity index (χ2n) is 13.0. The van der Waals surface area contributed by atoms with Crippen LogP contribution < -0.4 is 19.5 Å². The summed E-state index contributed by atoms with van der Waals surface area (Å²) >= 11 is 0. The van der Waals surface area contributed by atoms with Crippen molar-refractivity contribution in [3.8, 4) is 17.2 Å². The second kappa shape index (κ2) is 11.0. The maximum absolute atomic E-state index is 14.4. The van der Waals surface area contributed by atoms with E-state index in [0.717, 1.165) is 66.8 Å². The number of nitrogens with one attached hydrogen (secondary N) is 1. The van der Waals surface area contributed by atoms with Crippen molar-refractivity contribution in [3.63, 3.8) is 0 Å². The van der Waals surface area contributed by atoms with E-state index in [0.29, 0.717) is 41.9 Å². The Morgan fingerprint density at radius 3 is 2.67 bits per heavy atom. The predicted octanol–water partition coefficient (Wildman–Crippen LogP) is 5.10. The Kier molecular flexibility index (Phi) is 7.22. The fourth-order valence-corrected chi connectivity index (χ4v) is 7.74. The summed E-state index contributed by atoms with van der Waals surface area (Å²) in [5.74, 6) is 3.06. The number of carbonyl (C=O) groups is 1. The number of pyridine rings is 1. The van der Waals surface area contributed by atoms with Crippen LogP contribution in [0.3, 0.4) is 0 Å². The van der Waals surface area contributed by atoms with Gasteiger partial charge in [-0.1, -0.05) is 24.3 Å². The number of nitrogens with zero attached hydrogens (tertiary/aromatic N) is 3. The zero-order valence-corrected chi connectivity index (χ0v) is 25.0. The zero-order chi connectivity index (χ0) is 28.8. The van der Waals surface area contributed by atoms with Gasteiger partial charge in [0, 0.05) is 50.1 Å². The van der Waals surface area contributed by atoms with Gasteiger partial charge < -0.3 is 24.4 Å². The average molecular weight is 571 g/mol. The van der Waals surface area contributed by atoms with Crippen molar-refractivity contribution in [2.75, 3.05) is 39.8 Å². The number of amides is 1. The highest BCUT2D eigenvalue weighted by Gasteiger charge is 2.42. The molecule has 2 saturated heterocycles. The van der Waals surface area contributed by atoms with Crippen LogP contribution >= 0.6 is 0 Å². The van der Waals surface area contributed by atoms with Crippen molar-refractivity contribution in [1.29, 1.82) is 0 Å². The van der Waals surface area contributed by atoms with Gasteiger partial charge in [0.25, 0.3) is 5.91 Å². The van der Waals surface area contributed by atoms with Gasteiger partial charge in [-0.15, -0.1) is 0 Å². The number of piperidine rings is 1. The van der Waals surface area contributed by atoms with Crippen LogP contribution in [0.4, 0.5) is 0 Å². The van der Waals surface area contributed by atoms with Crippen molar-refractivity contribution in [2.45, 2.75) is 57.9 Å². The number of carbonyl (C=O) groups excluding carboxylic acids is 1. The summed E-state index contributed by atoms with van der Waals surface area (Å²) in [4.78, 5) is 23.8. The Balaban J connectivity index is 1.17. The molecule has 3 fully saturated rings. The highest BCUT2D eigenvalue weighted by molar-refractivity contribution is 5.96. The molecule has 7 rings (SSSR count). The lowest BCUT2D eigenvalue weighted by Crippen LogP contribution is -2.48. The lowest BCUT2D eigenvalue weighted by Gasteiger charge is -2.37.